The molecule has 120 valence electrons. The van der Waals surface area contributed by atoms with Gasteiger partial charge in [-0.15, -0.1) is 0 Å². The van der Waals surface area contributed by atoms with Crippen LogP contribution in [-0.2, 0) is 0 Å². The van der Waals surface area contributed by atoms with E-state index in [9.17, 15) is 13.6 Å². The lowest BCUT2D eigenvalue weighted by Gasteiger charge is -1.99. The minimum absolute atomic E-state index is 0.0685. The molecule has 0 spiro atoms. The molecule has 1 aromatic heterocycles. The van der Waals surface area contributed by atoms with Gasteiger partial charge in [-0.2, -0.15) is 0 Å². The van der Waals surface area contributed by atoms with Gasteiger partial charge in [0.2, 0.25) is 5.78 Å². The second kappa shape index (κ2) is 6.81. The molecule has 5 heteroatoms. The highest BCUT2D eigenvalue weighted by Crippen LogP contribution is 2.26. The van der Waals surface area contributed by atoms with E-state index in [0.717, 1.165) is 17.7 Å². The van der Waals surface area contributed by atoms with E-state index in [2.05, 4.69) is 0 Å². The first kappa shape index (κ1) is 16.1. The van der Waals surface area contributed by atoms with E-state index in [-0.39, 0.29) is 22.9 Å². The van der Waals surface area contributed by atoms with Gasteiger partial charge in [-0.1, -0.05) is 29.8 Å². The zero-order valence-electron chi connectivity index (χ0n) is 12.3. The maximum absolute atomic E-state index is 13.7. The summed E-state index contributed by atoms with van der Waals surface area (Å²) >= 11 is 5.79. The van der Waals surface area contributed by atoms with Crippen LogP contribution in [0, 0.1) is 11.6 Å². The molecule has 0 aliphatic rings. The Morgan fingerprint density at radius 1 is 1.00 bits per heavy atom. The molecular formula is C19H11ClF2O2. The van der Waals surface area contributed by atoms with Gasteiger partial charge in [0, 0.05) is 11.1 Å². The Hall–Kier alpha value is -2.72. The SMILES string of the molecule is O=C(C=Cc1ccc(Cl)cc1)c1ccc(-c2ccc(F)cc2F)o1. The van der Waals surface area contributed by atoms with Gasteiger partial charge in [0.15, 0.2) is 5.76 Å². The summed E-state index contributed by atoms with van der Waals surface area (Å²) in [4.78, 5) is 12.1. The predicted molar refractivity (Wildman–Crippen MR) is 88.9 cm³/mol. The molecule has 0 bridgehead atoms. The van der Waals surface area contributed by atoms with Crippen molar-refractivity contribution in [3.63, 3.8) is 0 Å². The first-order chi connectivity index (χ1) is 11.5. The van der Waals surface area contributed by atoms with E-state index in [1.54, 1.807) is 30.3 Å². The van der Waals surface area contributed by atoms with Crippen LogP contribution in [0.25, 0.3) is 17.4 Å². The van der Waals surface area contributed by atoms with Crippen molar-refractivity contribution in [3.8, 4) is 11.3 Å². The van der Waals surface area contributed by atoms with E-state index in [1.807, 2.05) is 0 Å². The normalized spacial score (nSPS) is 11.1. The molecule has 1 heterocycles. The van der Waals surface area contributed by atoms with Crippen LogP contribution in [0.3, 0.4) is 0 Å². The lowest BCUT2D eigenvalue weighted by Crippen LogP contribution is -1.90. The van der Waals surface area contributed by atoms with Crippen LogP contribution in [0.1, 0.15) is 16.1 Å². The number of hydrogen-bond acceptors (Lipinski definition) is 2. The van der Waals surface area contributed by atoms with E-state index < -0.39 is 11.6 Å². The zero-order valence-corrected chi connectivity index (χ0v) is 13.1. The van der Waals surface area contributed by atoms with Crippen LogP contribution in [0.15, 0.2) is 65.1 Å². The molecule has 3 rings (SSSR count). The fraction of sp³-hybridized carbons (Fsp3) is 0. The first-order valence-electron chi connectivity index (χ1n) is 7.06. The van der Waals surface area contributed by atoms with Crippen molar-refractivity contribution in [1.82, 2.24) is 0 Å². The summed E-state index contributed by atoms with van der Waals surface area (Å²) in [6.07, 6.45) is 2.98. The van der Waals surface area contributed by atoms with Gasteiger partial charge in [0.05, 0.1) is 5.56 Å². The summed E-state index contributed by atoms with van der Waals surface area (Å²) in [6, 6.07) is 13.1. The largest absolute Gasteiger partial charge is 0.453 e. The van der Waals surface area contributed by atoms with Crippen LogP contribution in [-0.4, -0.2) is 5.78 Å². The minimum Gasteiger partial charge on any atom is -0.453 e. The van der Waals surface area contributed by atoms with Gasteiger partial charge in [-0.05, 0) is 48.0 Å². The molecule has 2 aromatic carbocycles. The standard InChI is InChI=1S/C19H11ClF2O2/c20-13-4-1-12(2-5-13)3-8-17(23)19-10-9-18(24-19)15-7-6-14(21)11-16(15)22/h1-11H. The number of hydrogen-bond donors (Lipinski definition) is 0. The molecule has 0 aliphatic heterocycles. The van der Waals surface area contributed by atoms with Crippen molar-refractivity contribution in [2.24, 2.45) is 0 Å². The smallest absolute Gasteiger partial charge is 0.221 e. The molecule has 0 aliphatic carbocycles. The second-order valence-corrected chi connectivity index (χ2v) is 5.47. The molecule has 0 amide bonds. The molecule has 0 radical (unpaired) electrons. The molecule has 0 fully saturated rings. The van der Waals surface area contributed by atoms with Crippen molar-refractivity contribution >= 4 is 23.5 Å². The Labute approximate surface area is 142 Å². The van der Waals surface area contributed by atoms with E-state index in [0.29, 0.717) is 5.02 Å². The molecule has 0 N–H and O–H groups in total. The third-order valence-electron chi connectivity index (χ3n) is 3.34. The number of halogens is 3. The van der Waals surface area contributed by atoms with Gasteiger partial charge in [-0.25, -0.2) is 8.78 Å². The number of benzene rings is 2. The average molecular weight is 345 g/mol. The summed E-state index contributed by atoms with van der Waals surface area (Å²) < 4.78 is 32.1. The quantitative estimate of drug-likeness (QED) is 0.444. The van der Waals surface area contributed by atoms with Crippen molar-refractivity contribution in [1.29, 1.82) is 0 Å². The molecule has 0 unspecified atom stereocenters. The molecule has 3 aromatic rings. The number of carbonyl (C=O) groups is 1. The molecular weight excluding hydrogens is 334 g/mol. The van der Waals surface area contributed by atoms with Crippen molar-refractivity contribution < 1.29 is 18.0 Å². The molecule has 0 saturated carbocycles. The van der Waals surface area contributed by atoms with Crippen molar-refractivity contribution in [3.05, 3.63) is 88.7 Å². The maximum Gasteiger partial charge on any atom is 0.221 e. The van der Waals surface area contributed by atoms with Gasteiger partial charge in [0.1, 0.15) is 17.4 Å². The molecule has 24 heavy (non-hydrogen) atoms. The Morgan fingerprint density at radius 2 is 1.75 bits per heavy atom. The molecule has 0 atom stereocenters. The lowest BCUT2D eigenvalue weighted by molar-refractivity contribution is 0.102. The lowest BCUT2D eigenvalue weighted by atomic mass is 10.1. The first-order valence-corrected chi connectivity index (χ1v) is 7.44. The van der Waals surface area contributed by atoms with Crippen LogP contribution in [0.2, 0.25) is 5.02 Å². The van der Waals surface area contributed by atoms with Gasteiger partial charge in [0.25, 0.3) is 0 Å². The monoisotopic (exact) mass is 344 g/mol. The van der Waals surface area contributed by atoms with Gasteiger partial charge in [-0.3, -0.25) is 4.79 Å². The highest BCUT2D eigenvalue weighted by atomic mass is 35.5. The fourth-order valence-electron chi connectivity index (χ4n) is 2.13. The Balaban J connectivity index is 1.79. The second-order valence-electron chi connectivity index (χ2n) is 5.04. The highest BCUT2D eigenvalue weighted by molar-refractivity contribution is 6.30. The summed E-state index contributed by atoms with van der Waals surface area (Å²) in [7, 11) is 0. The number of furan rings is 1. The van der Waals surface area contributed by atoms with Crippen LogP contribution in [0.5, 0.6) is 0 Å². The molecule has 0 saturated heterocycles. The maximum atomic E-state index is 13.7. The van der Waals surface area contributed by atoms with E-state index >= 15 is 0 Å². The van der Waals surface area contributed by atoms with Crippen molar-refractivity contribution in [2.75, 3.05) is 0 Å². The average Bonchev–Trinajstić information content (AvgIpc) is 3.04. The Bertz CT molecular complexity index is 911. The molecule has 2 nitrogen and oxygen atoms in total. The summed E-state index contributed by atoms with van der Waals surface area (Å²) in [6.45, 7) is 0. The summed E-state index contributed by atoms with van der Waals surface area (Å²) in [5, 5.41) is 0.607. The van der Waals surface area contributed by atoms with E-state index in [1.165, 1.54) is 24.3 Å². The Kier molecular flexibility index (Phi) is 4.58. The van der Waals surface area contributed by atoms with Crippen LogP contribution < -0.4 is 0 Å². The van der Waals surface area contributed by atoms with Crippen molar-refractivity contribution in [2.45, 2.75) is 0 Å². The fourth-order valence-corrected chi connectivity index (χ4v) is 2.26. The van der Waals surface area contributed by atoms with Gasteiger partial charge >= 0.3 is 0 Å². The highest BCUT2D eigenvalue weighted by Gasteiger charge is 2.13. The number of rotatable bonds is 4. The topological polar surface area (TPSA) is 30.2 Å². The minimum atomic E-state index is -0.750. The summed E-state index contributed by atoms with van der Waals surface area (Å²) in [5.74, 6) is -1.56. The van der Waals surface area contributed by atoms with Crippen LogP contribution in [0.4, 0.5) is 8.78 Å². The Morgan fingerprint density at radius 3 is 2.46 bits per heavy atom. The zero-order chi connectivity index (χ0) is 17.1. The summed E-state index contributed by atoms with van der Waals surface area (Å²) in [5.41, 5.74) is 0.904. The van der Waals surface area contributed by atoms with Gasteiger partial charge < -0.3 is 4.42 Å². The number of ketones is 1. The van der Waals surface area contributed by atoms with Crippen LogP contribution >= 0.6 is 11.6 Å². The third-order valence-corrected chi connectivity index (χ3v) is 3.59. The van der Waals surface area contributed by atoms with E-state index in [4.69, 9.17) is 16.0 Å². The number of allylic oxidation sites excluding steroid dienone is 1. The predicted octanol–water partition coefficient (Wildman–Crippen LogP) is 5.77. The third kappa shape index (κ3) is 3.60. The number of carbonyl (C=O) groups excluding carboxylic acids is 1.